The average molecular weight is 247 g/mol. The number of carboxylic acids is 1. The van der Waals surface area contributed by atoms with E-state index in [1.165, 1.54) is 0 Å². The molecular formula is C15H21NO2. The second-order valence-electron chi connectivity index (χ2n) is 6.19. The first-order valence-corrected chi connectivity index (χ1v) is 6.46. The van der Waals surface area contributed by atoms with Gasteiger partial charge in [0, 0.05) is 11.2 Å². The van der Waals surface area contributed by atoms with Crippen molar-refractivity contribution in [3.8, 4) is 0 Å². The van der Waals surface area contributed by atoms with Gasteiger partial charge in [0.25, 0.3) is 0 Å². The highest BCUT2D eigenvalue weighted by Gasteiger charge is 2.45. The first kappa shape index (κ1) is 12.9. The lowest BCUT2D eigenvalue weighted by molar-refractivity contribution is -0.147. The number of benzene rings is 1. The zero-order chi connectivity index (χ0) is 13.4. The Hall–Kier alpha value is -1.51. The second-order valence-corrected chi connectivity index (χ2v) is 6.19. The maximum absolute atomic E-state index is 11.4. The summed E-state index contributed by atoms with van der Waals surface area (Å²) >= 11 is 0. The van der Waals surface area contributed by atoms with Crippen molar-refractivity contribution in [2.75, 3.05) is 5.32 Å². The first-order chi connectivity index (χ1) is 8.33. The molecule has 18 heavy (non-hydrogen) atoms. The minimum Gasteiger partial charge on any atom is -0.481 e. The molecule has 0 aromatic heterocycles. The molecule has 3 nitrogen and oxygen atoms in total. The van der Waals surface area contributed by atoms with Crippen LogP contribution in [-0.2, 0) is 10.2 Å². The number of anilines is 1. The van der Waals surface area contributed by atoms with Gasteiger partial charge in [-0.25, -0.2) is 0 Å². The van der Waals surface area contributed by atoms with Crippen LogP contribution in [-0.4, -0.2) is 16.6 Å². The van der Waals surface area contributed by atoms with Gasteiger partial charge >= 0.3 is 5.97 Å². The summed E-state index contributed by atoms with van der Waals surface area (Å²) in [5.74, 6) is -0.690. The standard InChI is InChI=1S/C15H21NO2/c1-14(2,3)16-12-7-5-11(6-8-12)15(13(17)18)9-4-10-15/h5-8,16H,4,9-10H2,1-3H3,(H,17,18). The predicted molar refractivity (Wildman–Crippen MR) is 73.0 cm³/mol. The van der Waals surface area contributed by atoms with Crippen LogP contribution < -0.4 is 5.32 Å². The number of rotatable bonds is 3. The number of hydrogen-bond acceptors (Lipinski definition) is 2. The molecule has 1 fully saturated rings. The molecule has 1 aromatic rings. The van der Waals surface area contributed by atoms with Crippen molar-refractivity contribution in [2.24, 2.45) is 0 Å². The van der Waals surface area contributed by atoms with Gasteiger partial charge in [0.2, 0.25) is 0 Å². The number of aliphatic carboxylic acids is 1. The fraction of sp³-hybridized carbons (Fsp3) is 0.533. The molecule has 0 saturated heterocycles. The summed E-state index contributed by atoms with van der Waals surface area (Å²) in [6.07, 6.45) is 2.52. The highest BCUT2D eigenvalue weighted by Crippen LogP contribution is 2.44. The van der Waals surface area contributed by atoms with Gasteiger partial charge in [-0.2, -0.15) is 0 Å². The van der Waals surface area contributed by atoms with Crippen molar-refractivity contribution < 1.29 is 9.90 Å². The van der Waals surface area contributed by atoms with E-state index in [4.69, 9.17) is 0 Å². The highest BCUT2D eigenvalue weighted by molar-refractivity contribution is 5.82. The van der Waals surface area contributed by atoms with E-state index in [0.29, 0.717) is 0 Å². The fourth-order valence-corrected chi connectivity index (χ4v) is 2.46. The molecule has 1 saturated carbocycles. The Balaban J connectivity index is 2.20. The number of nitrogens with one attached hydrogen (secondary N) is 1. The molecule has 1 aliphatic carbocycles. The second kappa shape index (κ2) is 4.30. The Morgan fingerprint density at radius 2 is 1.78 bits per heavy atom. The van der Waals surface area contributed by atoms with Crippen molar-refractivity contribution in [1.29, 1.82) is 0 Å². The van der Waals surface area contributed by atoms with Gasteiger partial charge in [0.05, 0.1) is 5.41 Å². The van der Waals surface area contributed by atoms with Crippen LogP contribution in [0.1, 0.15) is 45.6 Å². The van der Waals surface area contributed by atoms with Gasteiger partial charge in [-0.05, 0) is 51.3 Å². The van der Waals surface area contributed by atoms with Crippen molar-refractivity contribution in [1.82, 2.24) is 0 Å². The number of hydrogen-bond donors (Lipinski definition) is 2. The maximum atomic E-state index is 11.4. The normalized spacial score (nSPS) is 17.9. The van der Waals surface area contributed by atoms with Crippen LogP contribution in [0.15, 0.2) is 24.3 Å². The third-order valence-corrected chi connectivity index (χ3v) is 3.57. The van der Waals surface area contributed by atoms with Gasteiger partial charge in [-0.15, -0.1) is 0 Å². The van der Waals surface area contributed by atoms with E-state index < -0.39 is 11.4 Å². The highest BCUT2D eigenvalue weighted by atomic mass is 16.4. The molecule has 3 heteroatoms. The van der Waals surface area contributed by atoms with E-state index in [9.17, 15) is 9.90 Å². The lowest BCUT2D eigenvalue weighted by Crippen LogP contribution is -2.42. The average Bonchev–Trinajstić information content (AvgIpc) is 2.15. The molecule has 2 rings (SSSR count). The minimum atomic E-state index is -0.690. The fourth-order valence-electron chi connectivity index (χ4n) is 2.46. The Labute approximate surface area is 108 Å². The van der Waals surface area contributed by atoms with Gasteiger partial charge in [-0.3, -0.25) is 4.79 Å². The van der Waals surface area contributed by atoms with Crippen LogP contribution >= 0.6 is 0 Å². The van der Waals surface area contributed by atoms with Crippen molar-refractivity contribution in [3.63, 3.8) is 0 Å². The van der Waals surface area contributed by atoms with Crippen LogP contribution in [0, 0.1) is 0 Å². The quantitative estimate of drug-likeness (QED) is 0.860. The number of carboxylic acid groups (broad SMARTS) is 1. The lowest BCUT2D eigenvalue weighted by Gasteiger charge is -2.38. The molecular weight excluding hydrogens is 226 g/mol. The van der Waals surface area contributed by atoms with E-state index in [1.807, 2.05) is 24.3 Å². The summed E-state index contributed by atoms with van der Waals surface area (Å²) in [5, 5.41) is 12.8. The molecule has 1 aliphatic rings. The summed E-state index contributed by atoms with van der Waals surface area (Å²) in [6.45, 7) is 6.31. The van der Waals surface area contributed by atoms with Gasteiger partial charge in [-0.1, -0.05) is 18.6 Å². The molecule has 0 unspecified atom stereocenters. The molecule has 0 radical (unpaired) electrons. The van der Waals surface area contributed by atoms with Crippen LogP contribution in [0.2, 0.25) is 0 Å². The van der Waals surface area contributed by atoms with Gasteiger partial charge < -0.3 is 10.4 Å². The maximum Gasteiger partial charge on any atom is 0.314 e. The SMILES string of the molecule is CC(C)(C)Nc1ccc(C2(C(=O)O)CCC2)cc1. The minimum absolute atomic E-state index is 0.0163. The van der Waals surface area contributed by atoms with E-state index in [2.05, 4.69) is 26.1 Å². The molecule has 98 valence electrons. The van der Waals surface area contributed by atoms with E-state index >= 15 is 0 Å². The Kier molecular flexibility index (Phi) is 3.09. The van der Waals surface area contributed by atoms with E-state index in [-0.39, 0.29) is 5.54 Å². The van der Waals surface area contributed by atoms with Crippen molar-refractivity contribution >= 4 is 11.7 Å². The Bertz CT molecular complexity index is 439. The number of carbonyl (C=O) groups is 1. The first-order valence-electron chi connectivity index (χ1n) is 6.46. The summed E-state index contributed by atoms with van der Waals surface area (Å²) in [6, 6.07) is 7.84. The summed E-state index contributed by atoms with van der Waals surface area (Å²) < 4.78 is 0. The van der Waals surface area contributed by atoms with Crippen molar-refractivity contribution in [3.05, 3.63) is 29.8 Å². The molecule has 0 heterocycles. The third kappa shape index (κ3) is 2.35. The van der Waals surface area contributed by atoms with Crippen LogP contribution in [0.5, 0.6) is 0 Å². The third-order valence-electron chi connectivity index (χ3n) is 3.57. The van der Waals surface area contributed by atoms with Crippen molar-refractivity contribution in [2.45, 2.75) is 51.0 Å². The Morgan fingerprint density at radius 1 is 1.22 bits per heavy atom. The summed E-state index contributed by atoms with van der Waals surface area (Å²) in [7, 11) is 0. The van der Waals surface area contributed by atoms with Crippen LogP contribution in [0.4, 0.5) is 5.69 Å². The van der Waals surface area contributed by atoms with Gasteiger partial charge in [0.15, 0.2) is 0 Å². The summed E-state index contributed by atoms with van der Waals surface area (Å²) in [4.78, 5) is 11.4. The van der Waals surface area contributed by atoms with Crippen LogP contribution in [0.25, 0.3) is 0 Å². The van der Waals surface area contributed by atoms with E-state index in [1.54, 1.807) is 0 Å². The largest absolute Gasteiger partial charge is 0.481 e. The zero-order valence-corrected chi connectivity index (χ0v) is 11.3. The molecule has 2 N–H and O–H groups in total. The zero-order valence-electron chi connectivity index (χ0n) is 11.3. The lowest BCUT2D eigenvalue weighted by atomic mass is 9.64. The van der Waals surface area contributed by atoms with Crippen LogP contribution in [0.3, 0.4) is 0 Å². The smallest absolute Gasteiger partial charge is 0.314 e. The molecule has 0 bridgehead atoms. The molecule has 0 amide bonds. The molecule has 0 atom stereocenters. The summed E-state index contributed by atoms with van der Waals surface area (Å²) in [5.41, 5.74) is 1.36. The Morgan fingerprint density at radius 3 is 2.11 bits per heavy atom. The molecule has 0 aliphatic heterocycles. The predicted octanol–water partition coefficient (Wildman–Crippen LogP) is 3.40. The molecule has 1 aromatic carbocycles. The van der Waals surface area contributed by atoms with E-state index in [0.717, 1.165) is 30.5 Å². The molecule has 0 spiro atoms. The topological polar surface area (TPSA) is 49.3 Å². The van der Waals surface area contributed by atoms with Gasteiger partial charge in [0.1, 0.15) is 0 Å². The monoisotopic (exact) mass is 247 g/mol.